The monoisotopic (exact) mass is 425 g/mol. The zero-order chi connectivity index (χ0) is 19.8. The van der Waals surface area contributed by atoms with E-state index in [2.05, 4.69) is 5.32 Å². The molecule has 0 aliphatic rings. The molecule has 0 saturated carbocycles. The maximum absolute atomic E-state index is 12.7. The van der Waals surface area contributed by atoms with Gasteiger partial charge in [0.05, 0.1) is 28.5 Å². The Balaban J connectivity index is 1.97. The normalized spacial score (nSPS) is 11.5. The molecule has 0 saturated heterocycles. The van der Waals surface area contributed by atoms with E-state index < -0.39 is 15.7 Å². The molecule has 142 valence electrons. The average Bonchev–Trinajstić information content (AvgIpc) is 2.99. The van der Waals surface area contributed by atoms with Gasteiger partial charge in [-0.3, -0.25) is 4.79 Å². The highest BCUT2D eigenvalue weighted by Gasteiger charge is 2.20. The van der Waals surface area contributed by atoms with E-state index >= 15 is 0 Å². The quantitative estimate of drug-likeness (QED) is 0.594. The van der Waals surface area contributed by atoms with E-state index in [1.807, 2.05) is 0 Å². The lowest BCUT2D eigenvalue weighted by molar-refractivity contribution is 0.103. The number of carbonyl (C=O) groups is 1. The van der Waals surface area contributed by atoms with Gasteiger partial charge in [-0.05, 0) is 36.4 Å². The molecule has 0 aliphatic carbocycles. The van der Waals surface area contributed by atoms with Gasteiger partial charge >= 0.3 is 0 Å². The highest BCUT2D eigenvalue weighted by atomic mass is 35.5. The zero-order valence-corrected chi connectivity index (χ0v) is 16.8. The zero-order valence-electron chi connectivity index (χ0n) is 14.4. The molecule has 3 rings (SSSR count). The first-order valence-electron chi connectivity index (χ1n) is 7.90. The molecule has 0 aliphatic heterocycles. The molecule has 1 aromatic heterocycles. The molecule has 0 spiro atoms. The van der Waals surface area contributed by atoms with Crippen LogP contribution in [0.4, 0.5) is 5.69 Å². The minimum Gasteiger partial charge on any atom is -0.506 e. The molecule has 2 N–H and O–H groups in total. The Morgan fingerprint density at radius 1 is 1.26 bits per heavy atom. The van der Waals surface area contributed by atoms with Crippen LogP contribution in [0.15, 0.2) is 41.3 Å². The molecule has 3 aromatic rings. The number of sulfone groups is 1. The lowest BCUT2D eigenvalue weighted by atomic mass is 10.2. The number of amides is 1. The van der Waals surface area contributed by atoms with Crippen molar-refractivity contribution in [3.63, 3.8) is 0 Å². The van der Waals surface area contributed by atoms with E-state index in [9.17, 15) is 18.3 Å². The number of phenolic OH excluding ortho intramolecular Hbond substituents is 1. The molecule has 1 amide bonds. The van der Waals surface area contributed by atoms with Crippen molar-refractivity contribution >= 4 is 54.5 Å². The number of carbonyl (C=O) groups excluding carboxylic acids is 1. The summed E-state index contributed by atoms with van der Waals surface area (Å²) in [4.78, 5) is 12.9. The molecular formula is C18H16ClNO5S2. The van der Waals surface area contributed by atoms with Crippen LogP contribution in [0.25, 0.3) is 10.1 Å². The topological polar surface area (TPSA) is 92.7 Å². The second kappa shape index (κ2) is 7.38. The van der Waals surface area contributed by atoms with Gasteiger partial charge in [-0.1, -0.05) is 18.5 Å². The molecule has 9 heteroatoms. The first-order valence-corrected chi connectivity index (χ1v) is 10.7. The highest BCUT2D eigenvalue weighted by Crippen LogP contribution is 2.38. The van der Waals surface area contributed by atoms with Crippen molar-refractivity contribution in [2.24, 2.45) is 0 Å². The number of thiophene rings is 1. The van der Waals surface area contributed by atoms with Crippen LogP contribution in [0.3, 0.4) is 0 Å². The Bertz CT molecular complexity index is 1140. The van der Waals surface area contributed by atoms with E-state index in [0.29, 0.717) is 11.1 Å². The second-order valence-electron chi connectivity index (χ2n) is 5.64. The number of hydrogen-bond donors (Lipinski definition) is 2. The Labute approximate surface area is 165 Å². The van der Waals surface area contributed by atoms with Gasteiger partial charge in [0.25, 0.3) is 5.91 Å². The number of phenols is 1. The molecule has 1 heterocycles. The fourth-order valence-electron chi connectivity index (χ4n) is 2.47. The molecule has 0 unspecified atom stereocenters. The van der Waals surface area contributed by atoms with Gasteiger partial charge in [0, 0.05) is 10.1 Å². The third-order valence-electron chi connectivity index (χ3n) is 4.00. The number of fused-ring (bicyclic) bond motifs is 1. The molecule has 0 atom stereocenters. The number of aromatic hydroxyl groups is 1. The van der Waals surface area contributed by atoms with Gasteiger partial charge in [-0.15, -0.1) is 11.3 Å². The lowest BCUT2D eigenvalue weighted by Crippen LogP contribution is -2.12. The number of nitrogens with one attached hydrogen (secondary N) is 1. The van der Waals surface area contributed by atoms with Crippen LogP contribution >= 0.6 is 22.9 Å². The number of ether oxygens (including phenoxy) is 1. The fourth-order valence-corrected chi connectivity index (χ4v) is 4.76. The summed E-state index contributed by atoms with van der Waals surface area (Å²) in [6.45, 7) is 1.52. The molecule has 6 nitrogen and oxygen atoms in total. The largest absolute Gasteiger partial charge is 0.506 e. The molecule has 0 bridgehead atoms. The van der Waals surface area contributed by atoms with Crippen LogP contribution in [-0.4, -0.2) is 32.3 Å². The third-order valence-corrected chi connectivity index (χ3v) is 7.40. The molecule has 27 heavy (non-hydrogen) atoms. The van der Waals surface area contributed by atoms with Crippen molar-refractivity contribution in [2.45, 2.75) is 11.8 Å². The van der Waals surface area contributed by atoms with Gasteiger partial charge in [-0.2, -0.15) is 0 Å². The smallest absolute Gasteiger partial charge is 0.267 e. The number of methoxy groups -OCH3 is 1. The molecule has 2 aromatic carbocycles. The van der Waals surface area contributed by atoms with E-state index in [1.54, 1.807) is 18.2 Å². The fraction of sp³-hybridized carbons (Fsp3) is 0.167. The summed E-state index contributed by atoms with van der Waals surface area (Å²) in [5, 5.41) is 13.5. The summed E-state index contributed by atoms with van der Waals surface area (Å²) < 4.78 is 30.0. The van der Waals surface area contributed by atoms with E-state index in [4.69, 9.17) is 16.3 Å². The first-order chi connectivity index (χ1) is 12.8. The maximum atomic E-state index is 12.7. The summed E-state index contributed by atoms with van der Waals surface area (Å²) in [5.74, 6) is -0.252. The van der Waals surface area contributed by atoms with Gasteiger partial charge in [0.15, 0.2) is 9.84 Å². The summed E-state index contributed by atoms with van der Waals surface area (Å²) in [6.07, 6.45) is 0. The summed E-state index contributed by atoms with van der Waals surface area (Å²) in [7, 11) is -1.94. The van der Waals surface area contributed by atoms with Crippen LogP contribution < -0.4 is 10.1 Å². The highest BCUT2D eigenvalue weighted by molar-refractivity contribution is 7.91. The van der Waals surface area contributed by atoms with E-state index in [-0.39, 0.29) is 32.0 Å². The summed E-state index contributed by atoms with van der Waals surface area (Å²) in [6, 6.07) is 9.06. The van der Waals surface area contributed by atoms with Crippen molar-refractivity contribution < 1.29 is 23.1 Å². The maximum Gasteiger partial charge on any atom is 0.267 e. The number of anilines is 1. The minimum absolute atomic E-state index is 0.000582. The van der Waals surface area contributed by atoms with E-state index in [0.717, 1.165) is 4.70 Å². The lowest BCUT2D eigenvalue weighted by Gasteiger charge is -2.09. The Kier molecular flexibility index (Phi) is 5.32. The number of rotatable bonds is 5. The van der Waals surface area contributed by atoms with Crippen LogP contribution in [-0.2, 0) is 9.84 Å². The Morgan fingerprint density at radius 3 is 2.67 bits per heavy atom. The number of halogens is 1. The van der Waals surface area contributed by atoms with Crippen molar-refractivity contribution in [1.82, 2.24) is 0 Å². The Hall–Kier alpha value is -2.29. The van der Waals surface area contributed by atoms with Gasteiger partial charge in [0.2, 0.25) is 0 Å². The summed E-state index contributed by atoms with van der Waals surface area (Å²) in [5.41, 5.74) is 0.000582. The van der Waals surface area contributed by atoms with Crippen LogP contribution in [0.2, 0.25) is 5.02 Å². The van der Waals surface area contributed by atoms with Gasteiger partial charge < -0.3 is 15.2 Å². The number of benzene rings is 2. The molecule has 0 fully saturated rings. The van der Waals surface area contributed by atoms with Crippen LogP contribution in [0, 0.1) is 0 Å². The summed E-state index contributed by atoms with van der Waals surface area (Å²) >= 11 is 7.54. The number of hydrogen-bond acceptors (Lipinski definition) is 6. The average molecular weight is 426 g/mol. The van der Waals surface area contributed by atoms with Crippen LogP contribution in [0.1, 0.15) is 16.6 Å². The van der Waals surface area contributed by atoms with Gasteiger partial charge in [-0.25, -0.2) is 8.42 Å². The van der Waals surface area contributed by atoms with Crippen LogP contribution in [0.5, 0.6) is 11.5 Å². The Morgan fingerprint density at radius 2 is 2.00 bits per heavy atom. The first kappa shape index (κ1) is 19.5. The van der Waals surface area contributed by atoms with E-state index in [1.165, 1.54) is 43.6 Å². The SMILES string of the molecule is CCS(=O)(=O)c1ccc(O)c(NC(=O)c2sc3ccc(OC)cc3c2Cl)c1. The van der Waals surface area contributed by atoms with Crippen molar-refractivity contribution in [3.8, 4) is 11.5 Å². The predicted molar refractivity (Wildman–Crippen MR) is 107 cm³/mol. The second-order valence-corrected chi connectivity index (χ2v) is 9.35. The predicted octanol–water partition coefficient (Wildman–Crippen LogP) is 4.31. The minimum atomic E-state index is -3.47. The standard InChI is InChI=1S/C18H16ClNO5S2/c1-3-27(23,24)11-5-6-14(21)13(9-11)20-18(22)17-16(19)12-8-10(25-2)4-7-15(12)26-17/h4-9,21H,3H2,1-2H3,(H,20,22). The van der Waals surface area contributed by atoms with Gasteiger partial charge in [0.1, 0.15) is 16.4 Å². The van der Waals surface area contributed by atoms with Crippen molar-refractivity contribution in [2.75, 3.05) is 18.2 Å². The third kappa shape index (κ3) is 3.73. The van der Waals surface area contributed by atoms with Crippen molar-refractivity contribution in [1.29, 1.82) is 0 Å². The molecule has 0 radical (unpaired) electrons. The van der Waals surface area contributed by atoms with Crippen molar-refractivity contribution in [3.05, 3.63) is 46.3 Å². The molecular weight excluding hydrogens is 410 g/mol.